The summed E-state index contributed by atoms with van der Waals surface area (Å²) in [7, 11) is 3.00. The molecule has 7 heteroatoms. The van der Waals surface area contributed by atoms with E-state index in [1.165, 1.54) is 13.3 Å². The van der Waals surface area contributed by atoms with Crippen LogP contribution in [0.3, 0.4) is 0 Å². The second-order valence-electron chi connectivity index (χ2n) is 3.52. The van der Waals surface area contributed by atoms with Gasteiger partial charge in [0, 0.05) is 6.07 Å². The average molecular weight is 282 g/mol. The second kappa shape index (κ2) is 5.62. The third-order valence-electron chi connectivity index (χ3n) is 2.29. The predicted molar refractivity (Wildman–Crippen MR) is 71.1 cm³/mol. The fourth-order valence-electron chi connectivity index (χ4n) is 1.39. The quantitative estimate of drug-likeness (QED) is 0.868. The lowest BCUT2D eigenvalue weighted by Gasteiger charge is -2.09. The van der Waals surface area contributed by atoms with Crippen LogP contribution in [0.25, 0.3) is 0 Å². The maximum absolute atomic E-state index is 5.94. The Morgan fingerprint density at radius 1 is 1.21 bits per heavy atom. The minimum atomic E-state index is 0.167. The first-order chi connectivity index (χ1) is 9.13. The highest BCUT2D eigenvalue weighted by atomic mass is 35.5. The van der Waals surface area contributed by atoms with Crippen molar-refractivity contribution in [2.75, 3.05) is 20.0 Å². The minimum Gasteiger partial charge on any atom is -0.495 e. The Morgan fingerprint density at radius 3 is 2.63 bits per heavy atom. The Kier molecular flexibility index (Phi) is 3.91. The van der Waals surface area contributed by atoms with Crippen molar-refractivity contribution in [3.05, 3.63) is 29.4 Å². The number of hydrogen-bond acceptors (Lipinski definition) is 6. The predicted octanol–water partition coefficient (Wildman–Crippen LogP) is 2.52. The van der Waals surface area contributed by atoms with E-state index in [4.69, 9.17) is 31.5 Å². The first kappa shape index (κ1) is 13.2. The van der Waals surface area contributed by atoms with Crippen molar-refractivity contribution in [1.29, 1.82) is 0 Å². The monoisotopic (exact) mass is 281 g/mol. The van der Waals surface area contributed by atoms with E-state index in [0.717, 1.165) is 0 Å². The molecule has 0 aliphatic rings. The van der Waals surface area contributed by atoms with Crippen LogP contribution in [-0.4, -0.2) is 24.2 Å². The molecule has 0 saturated carbocycles. The topological polar surface area (TPSA) is 79.5 Å². The highest BCUT2D eigenvalue weighted by molar-refractivity contribution is 6.31. The zero-order valence-electron chi connectivity index (χ0n) is 10.4. The molecule has 0 fully saturated rings. The number of benzene rings is 1. The van der Waals surface area contributed by atoms with Crippen LogP contribution < -0.4 is 19.9 Å². The Balaban J connectivity index is 2.28. The molecule has 0 aliphatic heterocycles. The van der Waals surface area contributed by atoms with E-state index >= 15 is 0 Å². The number of nitrogens with two attached hydrogens (primary N) is 1. The normalized spacial score (nSPS) is 10.1. The van der Waals surface area contributed by atoms with Crippen LogP contribution in [0.5, 0.6) is 23.4 Å². The number of halogens is 1. The van der Waals surface area contributed by atoms with Crippen molar-refractivity contribution in [2.45, 2.75) is 0 Å². The highest BCUT2D eigenvalue weighted by Crippen LogP contribution is 2.31. The summed E-state index contributed by atoms with van der Waals surface area (Å²) in [6.45, 7) is 0. The van der Waals surface area contributed by atoms with Crippen LogP contribution in [0.4, 0.5) is 5.69 Å². The Morgan fingerprint density at radius 2 is 2.00 bits per heavy atom. The van der Waals surface area contributed by atoms with Crippen molar-refractivity contribution in [3.8, 4) is 23.4 Å². The molecule has 0 aliphatic carbocycles. The van der Waals surface area contributed by atoms with E-state index in [1.807, 2.05) is 0 Å². The minimum absolute atomic E-state index is 0.167. The fourth-order valence-corrected chi connectivity index (χ4v) is 1.52. The van der Waals surface area contributed by atoms with Crippen LogP contribution >= 0.6 is 11.6 Å². The molecule has 0 radical (unpaired) electrons. The Hall–Kier alpha value is -2.21. The molecule has 0 amide bonds. The van der Waals surface area contributed by atoms with Gasteiger partial charge in [0.05, 0.1) is 26.1 Å². The number of ether oxygens (including phenoxy) is 3. The van der Waals surface area contributed by atoms with E-state index < -0.39 is 0 Å². The lowest BCUT2D eigenvalue weighted by Crippen LogP contribution is -1.97. The van der Waals surface area contributed by atoms with Gasteiger partial charge in [0.1, 0.15) is 16.5 Å². The number of nitrogens with zero attached hydrogens (tertiary/aromatic N) is 2. The van der Waals surface area contributed by atoms with Crippen molar-refractivity contribution >= 4 is 17.3 Å². The standard InChI is InChI=1S/C12H12ClN3O3/c1-17-10-4-3-7(5-9(10)14)19-11-8(13)6-15-12(16-11)18-2/h3-6H,14H2,1-2H3. The number of hydrogen-bond donors (Lipinski definition) is 1. The molecule has 1 aromatic carbocycles. The van der Waals surface area contributed by atoms with Crippen LogP contribution in [0.2, 0.25) is 5.02 Å². The molecule has 2 N–H and O–H groups in total. The number of rotatable bonds is 4. The fraction of sp³-hybridized carbons (Fsp3) is 0.167. The van der Waals surface area contributed by atoms with Crippen LogP contribution in [0, 0.1) is 0 Å². The van der Waals surface area contributed by atoms with Gasteiger partial charge in [0.2, 0.25) is 5.88 Å². The summed E-state index contributed by atoms with van der Waals surface area (Å²) >= 11 is 5.94. The molecule has 0 bridgehead atoms. The SMILES string of the molecule is COc1ncc(Cl)c(Oc2ccc(OC)c(N)c2)n1. The number of nitrogen functional groups attached to an aromatic ring is 1. The average Bonchev–Trinajstić information content (AvgIpc) is 2.41. The van der Waals surface area contributed by atoms with Crippen LogP contribution in [-0.2, 0) is 0 Å². The van der Waals surface area contributed by atoms with E-state index in [2.05, 4.69) is 9.97 Å². The summed E-state index contributed by atoms with van der Waals surface area (Å²) in [5.74, 6) is 1.25. The summed E-state index contributed by atoms with van der Waals surface area (Å²) in [5, 5.41) is 0.273. The summed E-state index contributed by atoms with van der Waals surface area (Å²) in [6, 6.07) is 5.17. The second-order valence-corrected chi connectivity index (χ2v) is 3.92. The van der Waals surface area contributed by atoms with E-state index in [-0.39, 0.29) is 16.9 Å². The lowest BCUT2D eigenvalue weighted by molar-refractivity contribution is 0.366. The number of methoxy groups -OCH3 is 2. The van der Waals surface area contributed by atoms with Crippen LogP contribution in [0.1, 0.15) is 0 Å². The van der Waals surface area contributed by atoms with Gasteiger partial charge in [-0.05, 0) is 12.1 Å². The molecule has 0 saturated heterocycles. The maximum Gasteiger partial charge on any atom is 0.319 e. The molecular formula is C12H12ClN3O3. The lowest BCUT2D eigenvalue weighted by atomic mass is 10.3. The zero-order valence-corrected chi connectivity index (χ0v) is 11.1. The Labute approximate surface area is 115 Å². The maximum atomic E-state index is 5.94. The molecule has 100 valence electrons. The van der Waals surface area contributed by atoms with E-state index in [0.29, 0.717) is 17.2 Å². The van der Waals surface area contributed by atoms with Crippen molar-refractivity contribution in [3.63, 3.8) is 0 Å². The molecule has 2 rings (SSSR count). The zero-order chi connectivity index (χ0) is 13.8. The summed E-state index contributed by atoms with van der Waals surface area (Å²) < 4.78 is 15.5. The third-order valence-corrected chi connectivity index (χ3v) is 2.55. The van der Waals surface area contributed by atoms with Gasteiger partial charge in [-0.15, -0.1) is 0 Å². The largest absolute Gasteiger partial charge is 0.495 e. The van der Waals surface area contributed by atoms with Crippen LogP contribution in [0.15, 0.2) is 24.4 Å². The van der Waals surface area contributed by atoms with Gasteiger partial charge in [-0.2, -0.15) is 4.98 Å². The molecule has 19 heavy (non-hydrogen) atoms. The van der Waals surface area contributed by atoms with E-state index in [9.17, 15) is 0 Å². The molecule has 1 heterocycles. The first-order valence-electron chi connectivity index (χ1n) is 5.32. The Bertz CT molecular complexity index is 592. The van der Waals surface area contributed by atoms with Gasteiger partial charge < -0.3 is 19.9 Å². The smallest absolute Gasteiger partial charge is 0.319 e. The molecule has 1 aromatic heterocycles. The van der Waals surface area contributed by atoms with Gasteiger partial charge in [0.25, 0.3) is 0 Å². The number of anilines is 1. The van der Waals surface area contributed by atoms with Gasteiger partial charge in [-0.1, -0.05) is 11.6 Å². The summed E-state index contributed by atoms with van der Waals surface area (Å²) in [4.78, 5) is 7.85. The van der Waals surface area contributed by atoms with Gasteiger partial charge >= 0.3 is 6.01 Å². The van der Waals surface area contributed by atoms with Crippen molar-refractivity contribution < 1.29 is 14.2 Å². The van der Waals surface area contributed by atoms with Gasteiger partial charge in [-0.3, -0.25) is 0 Å². The third kappa shape index (κ3) is 2.97. The summed E-state index contributed by atoms with van der Waals surface area (Å²) in [5.41, 5.74) is 6.24. The molecule has 0 spiro atoms. The molecule has 0 unspecified atom stereocenters. The molecule has 2 aromatic rings. The first-order valence-corrected chi connectivity index (χ1v) is 5.69. The van der Waals surface area contributed by atoms with E-state index in [1.54, 1.807) is 25.3 Å². The van der Waals surface area contributed by atoms with Gasteiger partial charge in [0.15, 0.2) is 0 Å². The highest BCUT2D eigenvalue weighted by Gasteiger charge is 2.09. The van der Waals surface area contributed by atoms with Gasteiger partial charge in [-0.25, -0.2) is 4.98 Å². The molecule has 0 atom stereocenters. The number of aromatic nitrogens is 2. The molecular weight excluding hydrogens is 270 g/mol. The summed E-state index contributed by atoms with van der Waals surface area (Å²) in [6.07, 6.45) is 1.40. The van der Waals surface area contributed by atoms with Crippen molar-refractivity contribution in [2.24, 2.45) is 0 Å². The van der Waals surface area contributed by atoms with Crippen molar-refractivity contribution in [1.82, 2.24) is 9.97 Å². The molecule has 6 nitrogen and oxygen atoms in total.